The van der Waals surface area contributed by atoms with Gasteiger partial charge < -0.3 is 10.3 Å². The van der Waals surface area contributed by atoms with Gasteiger partial charge in [0.1, 0.15) is 0 Å². The topological polar surface area (TPSA) is 57.8 Å². The summed E-state index contributed by atoms with van der Waals surface area (Å²) in [5.41, 5.74) is 2.94. The molecular formula is C20H17N3OS. The van der Waals surface area contributed by atoms with Crippen LogP contribution in [0.4, 0.5) is 0 Å². The molecule has 25 heavy (non-hydrogen) atoms. The van der Waals surface area contributed by atoms with Crippen molar-refractivity contribution in [3.63, 3.8) is 0 Å². The Morgan fingerprint density at radius 2 is 1.96 bits per heavy atom. The molecule has 4 aromatic rings. The smallest absolute Gasteiger partial charge is 0.251 e. The van der Waals surface area contributed by atoms with Crippen molar-refractivity contribution >= 4 is 28.1 Å². The van der Waals surface area contributed by atoms with Crippen LogP contribution in [0.3, 0.4) is 0 Å². The number of amides is 1. The fraction of sp³-hybridized carbons (Fsp3) is 0.100. The normalized spacial score (nSPS) is 12.2. The minimum Gasteiger partial charge on any atom is -0.361 e. The number of fused-ring (bicyclic) bond motifs is 1. The Morgan fingerprint density at radius 3 is 2.76 bits per heavy atom. The lowest BCUT2D eigenvalue weighted by molar-refractivity contribution is 0.0952. The summed E-state index contributed by atoms with van der Waals surface area (Å²) in [6.07, 6.45) is 5.31. The molecule has 3 heterocycles. The van der Waals surface area contributed by atoms with Gasteiger partial charge in [0.05, 0.1) is 0 Å². The summed E-state index contributed by atoms with van der Waals surface area (Å²) in [4.78, 5) is 20.9. The fourth-order valence-electron chi connectivity index (χ4n) is 3.04. The fourth-order valence-corrected chi connectivity index (χ4v) is 3.88. The molecule has 0 saturated heterocycles. The quantitative estimate of drug-likeness (QED) is 0.569. The van der Waals surface area contributed by atoms with Crippen LogP contribution in [0.15, 0.2) is 72.5 Å². The van der Waals surface area contributed by atoms with Crippen molar-refractivity contribution in [1.29, 1.82) is 0 Å². The first-order valence-corrected chi connectivity index (χ1v) is 8.98. The van der Waals surface area contributed by atoms with Crippen molar-refractivity contribution in [2.24, 2.45) is 0 Å². The molecule has 0 aliphatic carbocycles. The Kier molecular flexibility index (Phi) is 4.31. The number of pyridine rings is 1. The predicted molar refractivity (Wildman–Crippen MR) is 101 cm³/mol. The number of aromatic nitrogens is 2. The van der Waals surface area contributed by atoms with Gasteiger partial charge in [0.15, 0.2) is 0 Å². The zero-order valence-electron chi connectivity index (χ0n) is 13.5. The van der Waals surface area contributed by atoms with E-state index >= 15 is 0 Å². The monoisotopic (exact) mass is 347 g/mol. The van der Waals surface area contributed by atoms with Gasteiger partial charge in [-0.1, -0.05) is 24.3 Å². The molecule has 0 unspecified atom stereocenters. The molecule has 0 aliphatic rings. The SMILES string of the molecule is O=C(NC[C@@H](c1cccs1)c1c[nH]c2ccccc12)c1ccncc1. The van der Waals surface area contributed by atoms with Crippen molar-refractivity contribution in [3.8, 4) is 0 Å². The molecule has 0 radical (unpaired) electrons. The van der Waals surface area contributed by atoms with Gasteiger partial charge in [0.25, 0.3) is 5.91 Å². The van der Waals surface area contributed by atoms with Crippen LogP contribution < -0.4 is 5.32 Å². The zero-order chi connectivity index (χ0) is 17.1. The van der Waals surface area contributed by atoms with Crippen LogP contribution >= 0.6 is 11.3 Å². The lowest BCUT2D eigenvalue weighted by Gasteiger charge is -2.16. The van der Waals surface area contributed by atoms with E-state index in [1.54, 1.807) is 35.9 Å². The highest BCUT2D eigenvalue weighted by Gasteiger charge is 2.20. The molecule has 0 saturated carbocycles. The molecule has 1 atom stereocenters. The van der Waals surface area contributed by atoms with Crippen molar-refractivity contribution in [3.05, 3.63) is 88.5 Å². The predicted octanol–water partition coefficient (Wildman–Crippen LogP) is 4.19. The van der Waals surface area contributed by atoms with Gasteiger partial charge in [0.2, 0.25) is 0 Å². The van der Waals surface area contributed by atoms with Gasteiger partial charge in [-0.15, -0.1) is 11.3 Å². The first kappa shape index (κ1) is 15.6. The molecule has 1 amide bonds. The Hall–Kier alpha value is -2.92. The summed E-state index contributed by atoms with van der Waals surface area (Å²) in [6, 6.07) is 15.9. The lowest BCUT2D eigenvalue weighted by Crippen LogP contribution is -2.28. The van der Waals surface area contributed by atoms with Gasteiger partial charge in [-0.3, -0.25) is 9.78 Å². The maximum Gasteiger partial charge on any atom is 0.251 e. The average Bonchev–Trinajstić information content (AvgIpc) is 3.33. The molecule has 5 heteroatoms. The van der Waals surface area contributed by atoms with E-state index in [1.807, 2.05) is 24.4 Å². The first-order chi connectivity index (χ1) is 12.3. The van der Waals surface area contributed by atoms with Crippen LogP contribution in [0, 0.1) is 0 Å². The number of benzene rings is 1. The highest BCUT2D eigenvalue weighted by atomic mass is 32.1. The molecule has 0 bridgehead atoms. The maximum absolute atomic E-state index is 12.4. The number of para-hydroxylation sites is 1. The number of rotatable bonds is 5. The highest BCUT2D eigenvalue weighted by molar-refractivity contribution is 7.10. The molecule has 4 rings (SSSR count). The Labute approximate surface area is 149 Å². The van der Waals surface area contributed by atoms with Crippen molar-refractivity contribution in [2.75, 3.05) is 6.54 Å². The third-order valence-electron chi connectivity index (χ3n) is 4.29. The summed E-state index contributed by atoms with van der Waals surface area (Å²) < 4.78 is 0. The molecular weight excluding hydrogens is 330 g/mol. The third-order valence-corrected chi connectivity index (χ3v) is 5.28. The first-order valence-electron chi connectivity index (χ1n) is 8.10. The number of nitrogens with one attached hydrogen (secondary N) is 2. The second-order valence-electron chi connectivity index (χ2n) is 5.80. The standard InChI is InChI=1S/C20H17N3OS/c24-20(14-7-9-21-10-8-14)23-13-17(19-6-3-11-25-19)16-12-22-18-5-2-1-4-15(16)18/h1-12,17,22H,13H2,(H,23,24)/t17-/m1/s1. The Morgan fingerprint density at radius 1 is 1.12 bits per heavy atom. The molecule has 0 spiro atoms. The molecule has 4 nitrogen and oxygen atoms in total. The van der Waals surface area contributed by atoms with E-state index in [-0.39, 0.29) is 11.8 Å². The van der Waals surface area contributed by atoms with Crippen molar-refractivity contribution < 1.29 is 4.79 Å². The van der Waals surface area contributed by atoms with Crippen LogP contribution in [-0.4, -0.2) is 22.4 Å². The number of carbonyl (C=O) groups excluding carboxylic acids is 1. The molecule has 2 N–H and O–H groups in total. The van der Waals surface area contributed by atoms with Gasteiger partial charge >= 0.3 is 0 Å². The average molecular weight is 347 g/mol. The number of carbonyl (C=O) groups is 1. The molecule has 1 aromatic carbocycles. The van der Waals surface area contributed by atoms with Crippen LogP contribution in [0.2, 0.25) is 0 Å². The van der Waals surface area contributed by atoms with Gasteiger partial charge in [-0.25, -0.2) is 0 Å². The molecule has 3 aromatic heterocycles. The van der Waals surface area contributed by atoms with E-state index in [0.29, 0.717) is 12.1 Å². The number of hydrogen-bond donors (Lipinski definition) is 2. The van der Waals surface area contributed by atoms with E-state index in [2.05, 4.69) is 38.9 Å². The van der Waals surface area contributed by atoms with E-state index < -0.39 is 0 Å². The van der Waals surface area contributed by atoms with Gasteiger partial charge in [-0.2, -0.15) is 0 Å². The van der Waals surface area contributed by atoms with E-state index in [1.165, 1.54) is 15.8 Å². The lowest BCUT2D eigenvalue weighted by atomic mass is 9.96. The number of aromatic amines is 1. The number of H-pyrrole nitrogens is 1. The van der Waals surface area contributed by atoms with E-state index in [4.69, 9.17) is 0 Å². The second-order valence-corrected chi connectivity index (χ2v) is 6.78. The van der Waals surface area contributed by atoms with Crippen LogP contribution in [-0.2, 0) is 0 Å². The number of thiophene rings is 1. The Bertz CT molecular complexity index is 977. The van der Waals surface area contributed by atoms with E-state index in [9.17, 15) is 4.79 Å². The van der Waals surface area contributed by atoms with Crippen molar-refractivity contribution in [2.45, 2.75) is 5.92 Å². The summed E-state index contributed by atoms with van der Waals surface area (Å²) >= 11 is 1.71. The summed E-state index contributed by atoms with van der Waals surface area (Å²) in [6.45, 7) is 0.545. The number of hydrogen-bond acceptors (Lipinski definition) is 3. The van der Waals surface area contributed by atoms with Crippen molar-refractivity contribution in [1.82, 2.24) is 15.3 Å². The van der Waals surface area contributed by atoms with Gasteiger partial charge in [0, 0.05) is 52.4 Å². The largest absolute Gasteiger partial charge is 0.361 e. The second kappa shape index (κ2) is 6.91. The zero-order valence-corrected chi connectivity index (χ0v) is 14.3. The molecule has 124 valence electrons. The summed E-state index contributed by atoms with van der Waals surface area (Å²) in [5, 5.41) is 6.33. The van der Waals surface area contributed by atoms with Gasteiger partial charge in [-0.05, 0) is 35.2 Å². The third kappa shape index (κ3) is 3.19. The molecule has 0 aliphatic heterocycles. The molecule has 0 fully saturated rings. The van der Waals surface area contributed by atoms with E-state index in [0.717, 1.165) is 5.52 Å². The maximum atomic E-state index is 12.4. The van der Waals surface area contributed by atoms with Crippen LogP contribution in [0.5, 0.6) is 0 Å². The van der Waals surface area contributed by atoms with Crippen LogP contribution in [0.25, 0.3) is 10.9 Å². The summed E-state index contributed by atoms with van der Waals surface area (Å²) in [5.74, 6) is 0.0331. The minimum atomic E-state index is -0.0798. The Balaban J connectivity index is 1.63. The summed E-state index contributed by atoms with van der Waals surface area (Å²) in [7, 11) is 0. The highest BCUT2D eigenvalue weighted by Crippen LogP contribution is 2.32. The number of nitrogens with zero attached hydrogens (tertiary/aromatic N) is 1. The van der Waals surface area contributed by atoms with Crippen LogP contribution in [0.1, 0.15) is 26.7 Å². The minimum absolute atomic E-state index is 0.0798.